The van der Waals surface area contributed by atoms with Gasteiger partial charge in [0.05, 0.1) is 6.20 Å². The molecule has 1 N–H and O–H groups in total. The number of hydrogen-bond donors (Lipinski definition) is 1. The van der Waals surface area contributed by atoms with Crippen LogP contribution in [0.2, 0.25) is 0 Å². The number of hydrogen-bond acceptors (Lipinski definition) is 4. The van der Waals surface area contributed by atoms with Gasteiger partial charge in [-0.3, -0.25) is 0 Å². The van der Waals surface area contributed by atoms with Crippen molar-refractivity contribution in [2.45, 2.75) is 58.1 Å². The maximum atomic E-state index is 5.81. The first-order valence-electron chi connectivity index (χ1n) is 6.93. The Hall–Kier alpha value is -0.870. The minimum absolute atomic E-state index is 0.249. The Labute approximate surface area is 109 Å². The third kappa shape index (κ3) is 3.33. The Morgan fingerprint density at radius 3 is 3.00 bits per heavy atom. The van der Waals surface area contributed by atoms with E-state index in [1.165, 1.54) is 0 Å². The third-order valence-electron chi connectivity index (χ3n) is 3.41. The fourth-order valence-corrected chi connectivity index (χ4v) is 2.27. The van der Waals surface area contributed by atoms with Crippen LogP contribution >= 0.6 is 0 Å². The van der Waals surface area contributed by atoms with Crippen LogP contribution in [0.15, 0.2) is 10.6 Å². The summed E-state index contributed by atoms with van der Waals surface area (Å²) in [5.41, 5.74) is -0.249. The second-order valence-corrected chi connectivity index (χ2v) is 5.51. The first-order chi connectivity index (χ1) is 8.60. The lowest BCUT2D eigenvalue weighted by Crippen LogP contribution is -2.23. The molecule has 1 unspecified atom stereocenters. The van der Waals surface area contributed by atoms with E-state index in [1.54, 1.807) is 0 Å². The molecule has 0 saturated carbocycles. The van der Waals surface area contributed by atoms with Crippen molar-refractivity contribution in [1.82, 2.24) is 10.3 Å². The van der Waals surface area contributed by atoms with Crippen LogP contribution in [0.25, 0.3) is 0 Å². The van der Waals surface area contributed by atoms with E-state index in [1.807, 2.05) is 6.20 Å². The molecule has 0 amide bonds. The lowest BCUT2D eigenvalue weighted by atomic mass is 10.0. The van der Waals surface area contributed by atoms with E-state index in [4.69, 9.17) is 9.15 Å². The summed E-state index contributed by atoms with van der Waals surface area (Å²) in [6.45, 7) is 8.22. The van der Waals surface area contributed by atoms with E-state index in [0.29, 0.717) is 6.04 Å². The second-order valence-electron chi connectivity index (χ2n) is 5.51. The van der Waals surface area contributed by atoms with E-state index >= 15 is 0 Å². The molecular formula is C14H24N2O2. The van der Waals surface area contributed by atoms with Crippen molar-refractivity contribution in [2.24, 2.45) is 0 Å². The Kier molecular flexibility index (Phi) is 4.40. The van der Waals surface area contributed by atoms with Crippen LogP contribution in [0.1, 0.15) is 51.7 Å². The zero-order valence-corrected chi connectivity index (χ0v) is 11.7. The molecule has 1 aliphatic heterocycles. The van der Waals surface area contributed by atoms with Crippen LogP contribution in [-0.4, -0.2) is 24.2 Å². The van der Waals surface area contributed by atoms with Crippen molar-refractivity contribution in [3.63, 3.8) is 0 Å². The number of oxazole rings is 1. The van der Waals surface area contributed by atoms with Gasteiger partial charge in [-0.1, -0.05) is 13.8 Å². The SMILES string of the molecule is CC(C)NCCCc1ncc(C2(C)CCCO2)o1. The predicted octanol–water partition coefficient (Wildman–Crippen LogP) is 2.63. The summed E-state index contributed by atoms with van der Waals surface area (Å²) in [7, 11) is 0. The Morgan fingerprint density at radius 2 is 2.33 bits per heavy atom. The van der Waals surface area contributed by atoms with E-state index < -0.39 is 0 Å². The summed E-state index contributed by atoms with van der Waals surface area (Å²) >= 11 is 0. The van der Waals surface area contributed by atoms with E-state index in [0.717, 1.165) is 50.5 Å². The zero-order chi connectivity index (χ0) is 13.0. The minimum atomic E-state index is -0.249. The smallest absolute Gasteiger partial charge is 0.194 e. The summed E-state index contributed by atoms with van der Waals surface area (Å²) in [5, 5.41) is 3.39. The van der Waals surface area contributed by atoms with Crippen LogP contribution in [0.4, 0.5) is 0 Å². The molecule has 1 atom stereocenters. The molecule has 1 aliphatic rings. The van der Waals surface area contributed by atoms with Gasteiger partial charge in [-0.15, -0.1) is 0 Å². The highest BCUT2D eigenvalue weighted by Gasteiger charge is 2.35. The molecule has 102 valence electrons. The number of nitrogens with one attached hydrogen (secondary N) is 1. The van der Waals surface area contributed by atoms with Gasteiger partial charge >= 0.3 is 0 Å². The minimum Gasteiger partial charge on any atom is -0.443 e. The van der Waals surface area contributed by atoms with E-state index in [2.05, 4.69) is 31.1 Å². The Balaban J connectivity index is 1.83. The molecule has 4 heteroatoms. The fraction of sp³-hybridized carbons (Fsp3) is 0.786. The van der Waals surface area contributed by atoms with E-state index in [9.17, 15) is 0 Å². The molecule has 2 heterocycles. The lowest BCUT2D eigenvalue weighted by molar-refractivity contribution is -0.00165. The second kappa shape index (κ2) is 5.85. The summed E-state index contributed by atoms with van der Waals surface area (Å²) < 4.78 is 11.6. The molecule has 0 spiro atoms. The normalized spacial score (nSPS) is 24.0. The summed E-state index contributed by atoms with van der Waals surface area (Å²) in [4.78, 5) is 4.35. The molecule has 4 nitrogen and oxygen atoms in total. The van der Waals surface area contributed by atoms with Gasteiger partial charge in [0.15, 0.2) is 11.7 Å². The third-order valence-corrected chi connectivity index (χ3v) is 3.41. The Morgan fingerprint density at radius 1 is 1.50 bits per heavy atom. The van der Waals surface area contributed by atoms with Crippen molar-refractivity contribution >= 4 is 0 Å². The van der Waals surface area contributed by atoms with Gasteiger partial charge in [0.1, 0.15) is 5.60 Å². The van der Waals surface area contributed by atoms with Gasteiger partial charge in [-0.05, 0) is 32.7 Å². The molecule has 0 aliphatic carbocycles. The summed E-state index contributed by atoms with van der Waals surface area (Å²) in [6.07, 6.45) is 5.89. The first kappa shape index (κ1) is 13.6. The molecule has 0 bridgehead atoms. The van der Waals surface area contributed by atoms with Crippen LogP contribution in [0.5, 0.6) is 0 Å². The molecule has 2 rings (SSSR count). The van der Waals surface area contributed by atoms with E-state index in [-0.39, 0.29) is 5.60 Å². The molecule has 1 aromatic rings. The number of aryl methyl sites for hydroxylation is 1. The van der Waals surface area contributed by atoms with Crippen LogP contribution in [0, 0.1) is 0 Å². The molecule has 18 heavy (non-hydrogen) atoms. The van der Waals surface area contributed by atoms with Crippen molar-refractivity contribution in [2.75, 3.05) is 13.2 Å². The van der Waals surface area contributed by atoms with Crippen molar-refractivity contribution in [3.8, 4) is 0 Å². The van der Waals surface area contributed by atoms with Crippen molar-refractivity contribution < 1.29 is 9.15 Å². The quantitative estimate of drug-likeness (QED) is 0.791. The number of rotatable bonds is 6. The molecular weight excluding hydrogens is 228 g/mol. The van der Waals surface area contributed by atoms with Gasteiger partial charge in [-0.2, -0.15) is 0 Å². The summed E-state index contributed by atoms with van der Waals surface area (Å²) in [5.74, 6) is 1.71. The van der Waals surface area contributed by atoms with Gasteiger partial charge in [0.2, 0.25) is 0 Å². The number of nitrogens with zero attached hydrogens (tertiary/aromatic N) is 1. The average molecular weight is 252 g/mol. The maximum absolute atomic E-state index is 5.81. The van der Waals surface area contributed by atoms with Gasteiger partial charge < -0.3 is 14.5 Å². The number of ether oxygens (including phenoxy) is 1. The van der Waals surface area contributed by atoms with Gasteiger partial charge in [-0.25, -0.2) is 4.98 Å². The highest BCUT2D eigenvalue weighted by atomic mass is 16.5. The monoisotopic (exact) mass is 252 g/mol. The van der Waals surface area contributed by atoms with Crippen molar-refractivity contribution in [3.05, 3.63) is 17.8 Å². The largest absolute Gasteiger partial charge is 0.443 e. The standard InChI is InChI=1S/C14H24N2O2/c1-11(2)15-8-4-6-13-16-10-12(18-13)14(3)7-5-9-17-14/h10-11,15H,4-9H2,1-3H3. The topological polar surface area (TPSA) is 47.3 Å². The lowest BCUT2D eigenvalue weighted by Gasteiger charge is -2.19. The maximum Gasteiger partial charge on any atom is 0.194 e. The molecule has 1 saturated heterocycles. The van der Waals surface area contributed by atoms with Crippen LogP contribution < -0.4 is 5.32 Å². The van der Waals surface area contributed by atoms with Gasteiger partial charge in [0.25, 0.3) is 0 Å². The molecule has 0 radical (unpaired) electrons. The van der Waals surface area contributed by atoms with Crippen LogP contribution in [0.3, 0.4) is 0 Å². The average Bonchev–Trinajstić information content (AvgIpc) is 2.94. The highest BCUT2D eigenvalue weighted by Crippen LogP contribution is 2.35. The highest BCUT2D eigenvalue weighted by molar-refractivity contribution is 5.07. The fourth-order valence-electron chi connectivity index (χ4n) is 2.27. The summed E-state index contributed by atoms with van der Waals surface area (Å²) in [6, 6.07) is 0.538. The first-order valence-corrected chi connectivity index (χ1v) is 6.93. The predicted molar refractivity (Wildman–Crippen MR) is 70.5 cm³/mol. The zero-order valence-electron chi connectivity index (χ0n) is 11.7. The molecule has 1 aromatic heterocycles. The van der Waals surface area contributed by atoms with Crippen molar-refractivity contribution in [1.29, 1.82) is 0 Å². The molecule has 1 fully saturated rings. The van der Waals surface area contributed by atoms with Crippen LogP contribution in [-0.2, 0) is 16.8 Å². The Bertz CT molecular complexity index is 368. The molecule has 0 aromatic carbocycles. The van der Waals surface area contributed by atoms with Gasteiger partial charge in [0, 0.05) is 19.1 Å². The number of aromatic nitrogens is 1.